The standard InChI is InChI=1S/C30H41N3O8/c1-29(2,3)24-25(34)33-16-20(14-22(33)26(35)38-6)41-28(37)32-15-19-10-9-11-23(21(19)17-32)39-13-8-7-12-30(4,5)18-40-27(36)31-24/h7-11,20,22,24H,12-18H2,1-6H3,(H,31,36)/b8-7+/t20-,22?,24-/m1/s1. The van der Waals surface area contributed by atoms with Crippen LogP contribution in [0, 0.1) is 10.8 Å². The molecule has 1 unspecified atom stereocenters. The molecule has 11 heteroatoms. The summed E-state index contributed by atoms with van der Waals surface area (Å²) in [6.45, 7) is 10.6. The number of esters is 1. The fourth-order valence-corrected chi connectivity index (χ4v) is 5.26. The van der Waals surface area contributed by atoms with E-state index in [1.165, 1.54) is 12.0 Å². The zero-order valence-corrected chi connectivity index (χ0v) is 24.7. The first-order valence-corrected chi connectivity index (χ1v) is 13.9. The number of alkyl carbamates (subject to hydrolysis) is 1. The predicted octanol–water partition coefficient (Wildman–Crippen LogP) is 3.79. The van der Waals surface area contributed by atoms with Gasteiger partial charge < -0.3 is 29.2 Å². The average molecular weight is 572 g/mol. The van der Waals surface area contributed by atoms with E-state index in [0.717, 1.165) is 11.1 Å². The number of hydrogen-bond donors (Lipinski definition) is 1. The Hall–Kier alpha value is -3.76. The molecule has 1 saturated heterocycles. The van der Waals surface area contributed by atoms with Gasteiger partial charge >= 0.3 is 18.2 Å². The highest BCUT2D eigenvalue weighted by Crippen LogP contribution is 2.33. The van der Waals surface area contributed by atoms with Crippen LogP contribution >= 0.6 is 0 Å². The van der Waals surface area contributed by atoms with Crippen molar-refractivity contribution < 1.29 is 38.1 Å². The number of rotatable bonds is 1. The summed E-state index contributed by atoms with van der Waals surface area (Å²) in [6, 6.07) is 3.76. The van der Waals surface area contributed by atoms with Gasteiger partial charge in [-0.25, -0.2) is 14.4 Å². The number of methoxy groups -OCH3 is 1. The highest BCUT2D eigenvalue weighted by Gasteiger charge is 2.47. The molecule has 1 aromatic carbocycles. The molecule has 1 fully saturated rings. The molecule has 3 aliphatic rings. The molecule has 224 valence electrons. The third-order valence-electron chi connectivity index (χ3n) is 7.63. The predicted molar refractivity (Wildman–Crippen MR) is 149 cm³/mol. The van der Waals surface area contributed by atoms with E-state index in [0.29, 0.717) is 31.9 Å². The van der Waals surface area contributed by atoms with E-state index in [1.54, 1.807) is 4.90 Å². The smallest absolute Gasteiger partial charge is 0.410 e. The van der Waals surface area contributed by atoms with Crippen molar-refractivity contribution in [2.24, 2.45) is 10.8 Å². The first-order valence-electron chi connectivity index (χ1n) is 13.9. The minimum atomic E-state index is -1.00. The first-order chi connectivity index (χ1) is 19.3. The van der Waals surface area contributed by atoms with Gasteiger partial charge in [-0.15, -0.1) is 0 Å². The van der Waals surface area contributed by atoms with Crippen molar-refractivity contribution in [2.75, 3.05) is 26.9 Å². The monoisotopic (exact) mass is 571 g/mol. The summed E-state index contributed by atoms with van der Waals surface area (Å²) in [6.07, 6.45) is 2.61. The van der Waals surface area contributed by atoms with E-state index in [2.05, 4.69) is 5.32 Å². The van der Waals surface area contributed by atoms with Gasteiger partial charge in [0.2, 0.25) is 5.91 Å². The van der Waals surface area contributed by atoms with Crippen molar-refractivity contribution in [1.82, 2.24) is 15.1 Å². The van der Waals surface area contributed by atoms with Gasteiger partial charge in [0.15, 0.2) is 0 Å². The van der Waals surface area contributed by atoms with E-state index in [9.17, 15) is 19.2 Å². The summed E-state index contributed by atoms with van der Waals surface area (Å²) in [5, 5.41) is 2.71. The van der Waals surface area contributed by atoms with Crippen LogP contribution in [0.15, 0.2) is 30.4 Å². The summed E-state index contributed by atoms with van der Waals surface area (Å²) in [7, 11) is 1.24. The maximum Gasteiger partial charge on any atom is 0.410 e. The molecule has 3 heterocycles. The molecule has 4 bridgehead atoms. The number of benzene rings is 1. The fourth-order valence-electron chi connectivity index (χ4n) is 5.26. The number of nitrogens with one attached hydrogen (secondary N) is 1. The van der Waals surface area contributed by atoms with E-state index < -0.39 is 47.7 Å². The minimum absolute atomic E-state index is 0.0124. The zero-order valence-electron chi connectivity index (χ0n) is 24.7. The number of hydrogen-bond acceptors (Lipinski definition) is 8. The van der Waals surface area contributed by atoms with Gasteiger partial charge in [-0.3, -0.25) is 9.69 Å². The van der Waals surface area contributed by atoms with Crippen molar-refractivity contribution in [3.63, 3.8) is 0 Å². The quantitative estimate of drug-likeness (QED) is 0.307. The first kappa shape index (κ1) is 30.2. The molecule has 3 aliphatic heterocycles. The molecule has 3 atom stereocenters. The van der Waals surface area contributed by atoms with Crippen LogP contribution in [-0.4, -0.2) is 78.9 Å². The second kappa shape index (κ2) is 12.0. The lowest BCUT2D eigenvalue weighted by Crippen LogP contribution is -2.57. The Kier molecular flexibility index (Phi) is 8.84. The van der Waals surface area contributed by atoms with Crippen molar-refractivity contribution in [3.8, 4) is 5.75 Å². The lowest BCUT2D eigenvalue weighted by molar-refractivity contribution is -0.152. The molecule has 0 saturated carbocycles. The van der Waals surface area contributed by atoms with Crippen molar-refractivity contribution in [3.05, 3.63) is 41.5 Å². The summed E-state index contributed by atoms with van der Waals surface area (Å²) in [5.74, 6) is -0.400. The number of fused-ring (bicyclic) bond motifs is 3. The van der Waals surface area contributed by atoms with Gasteiger partial charge in [0, 0.05) is 23.9 Å². The molecule has 1 aromatic rings. The van der Waals surface area contributed by atoms with Crippen LogP contribution in [0.4, 0.5) is 9.59 Å². The Morgan fingerprint density at radius 3 is 2.56 bits per heavy atom. The molecule has 4 rings (SSSR count). The van der Waals surface area contributed by atoms with Crippen LogP contribution in [0.3, 0.4) is 0 Å². The Morgan fingerprint density at radius 2 is 1.85 bits per heavy atom. The van der Waals surface area contributed by atoms with Crippen molar-refractivity contribution >= 4 is 24.1 Å². The highest BCUT2D eigenvalue weighted by molar-refractivity contribution is 5.91. The van der Waals surface area contributed by atoms with E-state index in [-0.39, 0.29) is 25.0 Å². The van der Waals surface area contributed by atoms with Crippen LogP contribution in [-0.2, 0) is 36.9 Å². The normalized spacial score (nSPS) is 26.2. The van der Waals surface area contributed by atoms with E-state index in [4.69, 9.17) is 18.9 Å². The molecule has 0 spiro atoms. The zero-order chi connectivity index (χ0) is 29.9. The second-order valence-electron chi connectivity index (χ2n) is 12.7. The molecule has 0 aromatic heterocycles. The van der Waals surface area contributed by atoms with Crippen LogP contribution in [0.1, 0.15) is 58.6 Å². The maximum atomic E-state index is 13.9. The number of carbonyl (C=O) groups excluding carboxylic acids is 4. The largest absolute Gasteiger partial charge is 0.489 e. The topological polar surface area (TPSA) is 124 Å². The van der Waals surface area contributed by atoms with Crippen LogP contribution in [0.2, 0.25) is 0 Å². The van der Waals surface area contributed by atoms with Crippen molar-refractivity contribution in [2.45, 2.75) is 78.7 Å². The summed E-state index contributed by atoms with van der Waals surface area (Å²) in [5.41, 5.74) is 0.824. The third kappa shape index (κ3) is 7.12. The molecule has 1 N–H and O–H groups in total. The summed E-state index contributed by atoms with van der Waals surface area (Å²) < 4.78 is 22.3. The van der Waals surface area contributed by atoms with Gasteiger partial charge in [0.1, 0.15) is 30.5 Å². The van der Waals surface area contributed by atoms with Gasteiger partial charge in [0.05, 0.1) is 26.8 Å². The van der Waals surface area contributed by atoms with Crippen LogP contribution in [0.25, 0.3) is 0 Å². The number of ether oxygens (including phenoxy) is 4. The number of carbonyl (C=O) groups is 4. The van der Waals surface area contributed by atoms with Crippen molar-refractivity contribution in [1.29, 1.82) is 0 Å². The molecule has 0 radical (unpaired) electrons. The average Bonchev–Trinajstić information content (AvgIpc) is 3.53. The summed E-state index contributed by atoms with van der Waals surface area (Å²) in [4.78, 5) is 55.5. The molecule has 11 nitrogen and oxygen atoms in total. The Bertz CT molecular complexity index is 1200. The Morgan fingerprint density at radius 1 is 1.10 bits per heavy atom. The second-order valence-corrected chi connectivity index (χ2v) is 12.7. The SMILES string of the molecule is COC(=O)C1C[C@@H]2CN1C(=O)[C@H](C(C)(C)C)NC(=O)OCC(C)(C)C/C=C/COc1cccc3c1CN(C3)C(=O)O2. The number of nitrogens with zero attached hydrogens (tertiary/aromatic N) is 2. The number of amides is 3. The molecule has 0 aliphatic carbocycles. The number of cyclic esters (lactones) is 1. The lowest BCUT2D eigenvalue weighted by Gasteiger charge is -2.35. The molecule has 3 amide bonds. The van der Waals surface area contributed by atoms with E-state index in [1.807, 2.05) is 65.0 Å². The van der Waals surface area contributed by atoms with Gasteiger partial charge in [-0.1, -0.05) is 58.9 Å². The molecule has 41 heavy (non-hydrogen) atoms. The summed E-state index contributed by atoms with van der Waals surface area (Å²) >= 11 is 0. The molecular formula is C30H41N3O8. The van der Waals surface area contributed by atoms with E-state index >= 15 is 0 Å². The van der Waals surface area contributed by atoms with Gasteiger partial charge in [-0.05, 0) is 23.5 Å². The van der Waals surface area contributed by atoms with Gasteiger partial charge in [-0.2, -0.15) is 0 Å². The van der Waals surface area contributed by atoms with Crippen LogP contribution in [0.5, 0.6) is 5.75 Å². The lowest BCUT2D eigenvalue weighted by atomic mass is 9.85. The third-order valence-corrected chi connectivity index (χ3v) is 7.63. The van der Waals surface area contributed by atoms with Gasteiger partial charge in [0.25, 0.3) is 0 Å². The highest BCUT2D eigenvalue weighted by atomic mass is 16.6. The Labute approximate surface area is 241 Å². The number of allylic oxidation sites excluding steroid dienone is 1. The fraction of sp³-hybridized carbons (Fsp3) is 0.600. The maximum absolute atomic E-state index is 13.9. The molecular weight excluding hydrogens is 530 g/mol. The Balaban J connectivity index is 1.62. The van der Waals surface area contributed by atoms with Crippen LogP contribution < -0.4 is 10.1 Å². The minimum Gasteiger partial charge on any atom is -0.489 e.